The number of fused-ring (bicyclic) bond motifs is 1. The molecule has 2 heterocycles. The summed E-state index contributed by atoms with van der Waals surface area (Å²) in [7, 11) is 0.424. The van der Waals surface area contributed by atoms with Crippen LogP contribution in [0, 0.1) is 0 Å². The van der Waals surface area contributed by atoms with Crippen molar-refractivity contribution in [1.82, 2.24) is 19.7 Å². The van der Waals surface area contributed by atoms with Gasteiger partial charge in [-0.2, -0.15) is 5.10 Å². The first-order valence-electron chi connectivity index (χ1n) is 7.96. The number of hydrogen-bond donors (Lipinski definition) is 3. The van der Waals surface area contributed by atoms with E-state index in [1.807, 2.05) is 19.2 Å². The maximum absolute atomic E-state index is 9.14. The highest BCUT2D eigenvalue weighted by atomic mass is 16.4. The highest BCUT2D eigenvalue weighted by molar-refractivity contribution is 6.58. The minimum Gasteiger partial charge on any atom is -0.423 e. The van der Waals surface area contributed by atoms with Gasteiger partial charge >= 0.3 is 7.12 Å². The molecule has 0 aliphatic rings. The molecule has 0 aliphatic heterocycles. The number of hydrogen-bond acceptors (Lipinski definition) is 6. The lowest BCUT2D eigenvalue weighted by atomic mass is 9.80. The zero-order chi connectivity index (χ0) is 17.1. The summed E-state index contributed by atoms with van der Waals surface area (Å²) in [6.45, 7) is 2.67. The lowest BCUT2D eigenvalue weighted by molar-refractivity contribution is 0.426. The Labute approximate surface area is 140 Å². The molecule has 3 aromatic rings. The molecule has 0 radical (unpaired) electrons. The summed E-state index contributed by atoms with van der Waals surface area (Å²) in [5, 5.41) is 25.9. The molecule has 24 heavy (non-hydrogen) atoms. The topological polar surface area (TPSA) is 96.1 Å². The van der Waals surface area contributed by atoms with E-state index in [1.54, 1.807) is 23.0 Å². The van der Waals surface area contributed by atoms with Crippen LogP contribution in [0.2, 0.25) is 0 Å². The molecule has 3 N–H and O–H groups in total. The molecule has 0 unspecified atom stereocenters. The summed E-state index contributed by atoms with van der Waals surface area (Å²) in [5.74, 6) is 1.56. The molecular formula is C16H20BN5O2. The summed E-state index contributed by atoms with van der Waals surface area (Å²) in [6, 6.07) is 7.11. The van der Waals surface area contributed by atoms with Crippen LogP contribution in [0.3, 0.4) is 0 Å². The van der Waals surface area contributed by atoms with Gasteiger partial charge in [0.2, 0.25) is 0 Å². The van der Waals surface area contributed by atoms with E-state index >= 15 is 0 Å². The summed E-state index contributed by atoms with van der Waals surface area (Å²) in [6.07, 6.45) is 3.55. The summed E-state index contributed by atoms with van der Waals surface area (Å²) < 4.78 is 1.76. The van der Waals surface area contributed by atoms with Crippen molar-refractivity contribution in [1.29, 1.82) is 0 Å². The van der Waals surface area contributed by atoms with Gasteiger partial charge in [-0.3, -0.25) is 4.68 Å². The molecule has 0 spiro atoms. The molecule has 7 nitrogen and oxygen atoms in total. The second-order valence-corrected chi connectivity index (χ2v) is 5.71. The fourth-order valence-corrected chi connectivity index (χ4v) is 2.58. The average Bonchev–Trinajstić information content (AvgIpc) is 2.94. The van der Waals surface area contributed by atoms with Crippen LogP contribution in [0.5, 0.6) is 0 Å². The van der Waals surface area contributed by atoms with E-state index in [-0.39, 0.29) is 0 Å². The number of aryl methyl sites for hydroxylation is 2. The second-order valence-electron chi connectivity index (χ2n) is 5.71. The van der Waals surface area contributed by atoms with Gasteiger partial charge in [-0.15, -0.1) is 0 Å². The lowest BCUT2D eigenvalue weighted by Crippen LogP contribution is -2.29. The molecule has 0 aliphatic carbocycles. The standard InChI is InChI=1S/C16H20BN5O2/c1-3-4-14-20-13-10-19-22(2)15(13)16(21-14)18-9-11-5-7-12(8-6-11)17(23)24/h5-8,10,23-24H,3-4,9H2,1-2H3,(H,18,20,21). The van der Waals surface area contributed by atoms with E-state index in [0.29, 0.717) is 12.0 Å². The van der Waals surface area contributed by atoms with Gasteiger partial charge in [0.25, 0.3) is 0 Å². The smallest absolute Gasteiger partial charge is 0.423 e. The molecule has 124 valence electrons. The van der Waals surface area contributed by atoms with Gasteiger partial charge in [0.05, 0.1) is 6.20 Å². The van der Waals surface area contributed by atoms with Gasteiger partial charge in [0, 0.05) is 20.0 Å². The Kier molecular flexibility index (Phi) is 4.77. The molecule has 2 aromatic heterocycles. The van der Waals surface area contributed by atoms with Gasteiger partial charge in [-0.25, -0.2) is 9.97 Å². The van der Waals surface area contributed by atoms with E-state index < -0.39 is 7.12 Å². The van der Waals surface area contributed by atoms with E-state index in [0.717, 1.165) is 41.1 Å². The van der Waals surface area contributed by atoms with Crippen LogP contribution in [0.15, 0.2) is 30.5 Å². The Bertz CT molecular complexity index is 832. The van der Waals surface area contributed by atoms with Crippen LogP contribution in [0.25, 0.3) is 11.0 Å². The van der Waals surface area contributed by atoms with Crippen LogP contribution >= 0.6 is 0 Å². The number of benzene rings is 1. The highest BCUT2D eigenvalue weighted by Gasteiger charge is 2.12. The van der Waals surface area contributed by atoms with Crippen molar-refractivity contribution in [2.24, 2.45) is 7.05 Å². The second kappa shape index (κ2) is 6.98. The van der Waals surface area contributed by atoms with Crippen molar-refractivity contribution < 1.29 is 10.0 Å². The van der Waals surface area contributed by atoms with Crippen LogP contribution in [0.1, 0.15) is 24.7 Å². The molecule has 0 saturated carbocycles. The molecule has 0 amide bonds. The third-order valence-electron chi connectivity index (χ3n) is 3.85. The summed E-state index contributed by atoms with van der Waals surface area (Å²) >= 11 is 0. The fraction of sp³-hybridized carbons (Fsp3) is 0.312. The first-order chi connectivity index (χ1) is 11.6. The van der Waals surface area contributed by atoms with Crippen LogP contribution in [-0.2, 0) is 20.0 Å². The Morgan fingerprint density at radius 1 is 1.17 bits per heavy atom. The van der Waals surface area contributed by atoms with Crippen molar-refractivity contribution in [3.05, 3.63) is 41.9 Å². The number of rotatable bonds is 6. The zero-order valence-corrected chi connectivity index (χ0v) is 13.8. The van der Waals surface area contributed by atoms with E-state index in [4.69, 9.17) is 10.0 Å². The van der Waals surface area contributed by atoms with Gasteiger partial charge in [-0.1, -0.05) is 31.2 Å². The molecule has 8 heteroatoms. The van der Waals surface area contributed by atoms with Crippen molar-refractivity contribution in [3.8, 4) is 0 Å². The lowest BCUT2D eigenvalue weighted by Gasteiger charge is -2.10. The molecule has 3 rings (SSSR count). The average molecular weight is 325 g/mol. The molecule has 0 fully saturated rings. The monoisotopic (exact) mass is 325 g/mol. The Hall–Kier alpha value is -2.45. The minimum absolute atomic E-state index is 0.472. The minimum atomic E-state index is -1.44. The van der Waals surface area contributed by atoms with Crippen LogP contribution < -0.4 is 10.8 Å². The number of nitrogens with zero attached hydrogens (tertiary/aromatic N) is 4. The number of anilines is 1. The molecule has 1 aromatic carbocycles. The first-order valence-corrected chi connectivity index (χ1v) is 7.96. The van der Waals surface area contributed by atoms with Gasteiger partial charge in [0.15, 0.2) is 5.82 Å². The van der Waals surface area contributed by atoms with Crippen molar-refractivity contribution >= 4 is 29.4 Å². The molecular weight excluding hydrogens is 305 g/mol. The number of nitrogens with one attached hydrogen (secondary N) is 1. The Balaban J connectivity index is 1.84. The van der Waals surface area contributed by atoms with Crippen molar-refractivity contribution in [2.75, 3.05) is 5.32 Å². The largest absolute Gasteiger partial charge is 0.488 e. The maximum atomic E-state index is 9.14. The van der Waals surface area contributed by atoms with E-state index in [1.165, 1.54) is 0 Å². The Morgan fingerprint density at radius 3 is 2.58 bits per heavy atom. The van der Waals surface area contributed by atoms with E-state index in [9.17, 15) is 0 Å². The van der Waals surface area contributed by atoms with Gasteiger partial charge in [-0.05, 0) is 17.4 Å². The molecule has 0 bridgehead atoms. The number of aromatic nitrogens is 4. The van der Waals surface area contributed by atoms with Gasteiger partial charge < -0.3 is 15.4 Å². The summed E-state index contributed by atoms with van der Waals surface area (Å²) in [5.41, 5.74) is 3.19. The molecule has 0 saturated heterocycles. The highest BCUT2D eigenvalue weighted by Crippen LogP contribution is 2.20. The quantitative estimate of drug-likeness (QED) is 0.575. The van der Waals surface area contributed by atoms with Crippen molar-refractivity contribution in [3.63, 3.8) is 0 Å². The van der Waals surface area contributed by atoms with Crippen LogP contribution in [-0.4, -0.2) is 36.9 Å². The zero-order valence-electron chi connectivity index (χ0n) is 13.8. The Morgan fingerprint density at radius 2 is 1.92 bits per heavy atom. The van der Waals surface area contributed by atoms with Gasteiger partial charge in [0.1, 0.15) is 16.9 Å². The third-order valence-corrected chi connectivity index (χ3v) is 3.85. The van der Waals surface area contributed by atoms with Crippen molar-refractivity contribution in [2.45, 2.75) is 26.3 Å². The summed E-state index contributed by atoms with van der Waals surface area (Å²) in [4.78, 5) is 9.16. The SMILES string of the molecule is CCCc1nc(NCc2ccc(B(O)O)cc2)c2c(cnn2C)n1. The normalized spacial score (nSPS) is 11.0. The first kappa shape index (κ1) is 16.4. The fourth-order valence-electron chi connectivity index (χ4n) is 2.58. The van der Waals surface area contributed by atoms with E-state index in [2.05, 4.69) is 27.3 Å². The predicted molar refractivity (Wildman–Crippen MR) is 93.9 cm³/mol. The van der Waals surface area contributed by atoms with Crippen LogP contribution in [0.4, 0.5) is 5.82 Å². The third kappa shape index (κ3) is 3.39. The molecule has 0 atom stereocenters. The maximum Gasteiger partial charge on any atom is 0.488 e. The predicted octanol–water partition coefficient (Wildman–Crippen LogP) is 0.608.